The zero-order valence-electron chi connectivity index (χ0n) is 20.4. The molecule has 5 heteroatoms. The van der Waals surface area contributed by atoms with E-state index in [1.807, 2.05) is 35.1 Å². The average molecular weight is 558 g/mol. The molecule has 1 aromatic rings. The SMILES string of the molecule is CCCCCCCCCCCCCCCCCCc1cccc(C(=O)NC(C)=O)c1OI. The fourth-order valence-corrected chi connectivity index (χ4v) is 4.66. The molecule has 1 aromatic carbocycles. The number of rotatable bonds is 19. The van der Waals surface area contributed by atoms with Crippen molar-refractivity contribution in [2.45, 2.75) is 123 Å². The molecule has 182 valence electrons. The van der Waals surface area contributed by atoms with Gasteiger partial charge in [-0.1, -0.05) is 115 Å². The van der Waals surface area contributed by atoms with Crippen LogP contribution in [0, 0.1) is 0 Å². The van der Waals surface area contributed by atoms with Crippen LogP contribution >= 0.6 is 23.0 Å². The van der Waals surface area contributed by atoms with Gasteiger partial charge in [0.1, 0.15) is 5.75 Å². The molecule has 0 heterocycles. The van der Waals surface area contributed by atoms with Gasteiger partial charge >= 0.3 is 0 Å². The Morgan fingerprint density at radius 3 is 1.69 bits per heavy atom. The quantitative estimate of drug-likeness (QED) is 0.137. The van der Waals surface area contributed by atoms with Crippen molar-refractivity contribution >= 4 is 34.8 Å². The molecule has 1 rings (SSSR count). The summed E-state index contributed by atoms with van der Waals surface area (Å²) in [6.45, 7) is 3.61. The lowest BCUT2D eigenvalue weighted by molar-refractivity contribution is -0.118. The molecule has 0 saturated carbocycles. The van der Waals surface area contributed by atoms with Gasteiger partial charge in [-0.3, -0.25) is 14.9 Å². The number of hydrogen-bond donors (Lipinski definition) is 1. The van der Waals surface area contributed by atoms with E-state index in [2.05, 4.69) is 12.2 Å². The molecule has 0 aromatic heterocycles. The predicted molar refractivity (Wildman–Crippen MR) is 142 cm³/mol. The number of halogens is 1. The van der Waals surface area contributed by atoms with E-state index in [4.69, 9.17) is 3.07 Å². The Kier molecular flexibility index (Phi) is 17.5. The van der Waals surface area contributed by atoms with Crippen LogP contribution in [-0.4, -0.2) is 11.8 Å². The van der Waals surface area contributed by atoms with Gasteiger partial charge in [-0.15, -0.1) is 0 Å². The van der Waals surface area contributed by atoms with Gasteiger partial charge in [-0.05, 0) is 24.5 Å². The molecule has 0 fully saturated rings. The van der Waals surface area contributed by atoms with Crippen LogP contribution in [0.15, 0.2) is 18.2 Å². The molecule has 0 aliphatic heterocycles. The highest BCUT2D eigenvalue weighted by Gasteiger charge is 2.16. The molecule has 1 N–H and O–H groups in total. The van der Waals surface area contributed by atoms with Gasteiger partial charge in [0, 0.05) is 6.92 Å². The lowest BCUT2D eigenvalue weighted by Gasteiger charge is -2.11. The smallest absolute Gasteiger partial charge is 0.261 e. The second-order valence-corrected chi connectivity index (χ2v) is 9.37. The number of benzene rings is 1. The first-order valence-corrected chi connectivity index (χ1v) is 13.7. The Balaban J connectivity index is 2.08. The number of aryl methyl sites for hydroxylation is 1. The third kappa shape index (κ3) is 13.4. The molecule has 2 amide bonds. The summed E-state index contributed by atoms with van der Waals surface area (Å²) in [7, 11) is 0. The number of carbonyl (C=O) groups excluding carboxylic acids is 2. The van der Waals surface area contributed by atoms with Crippen molar-refractivity contribution in [1.29, 1.82) is 0 Å². The topological polar surface area (TPSA) is 55.4 Å². The first kappa shape index (κ1) is 28.9. The summed E-state index contributed by atoms with van der Waals surface area (Å²) < 4.78 is 5.46. The van der Waals surface area contributed by atoms with E-state index in [0.29, 0.717) is 11.3 Å². The molecule has 4 nitrogen and oxygen atoms in total. The normalized spacial score (nSPS) is 10.8. The van der Waals surface area contributed by atoms with E-state index >= 15 is 0 Å². The molecule has 32 heavy (non-hydrogen) atoms. The van der Waals surface area contributed by atoms with Crippen LogP contribution in [0.4, 0.5) is 0 Å². The number of hydrogen-bond acceptors (Lipinski definition) is 3. The highest BCUT2D eigenvalue weighted by molar-refractivity contribution is 14.1. The summed E-state index contributed by atoms with van der Waals surface area (Å²) in [6, 6.07) is 5.56. The second kappa shape index (κ2) is 19.4. The standard InChI is InChI=1S/C27H44INO3/c1-3-4-5-6-7-8-9-10-11-12-13-14-15-16-17-18-20-24-21-19-22-25(26(24)32-28)27(31)29-23(2)30/h19,21-22H,3-18,20H2,1-2H3,(H,29,30,31). The molecule has 0 aliphatic rings. The molecular formula is C27H44INO3. The van der Waals surface area contributed by atoms with Gasteiger partial charge in [0.25, 0.3) is 5.91 Å². The number of unbranched alkanes of at least 4 members (excludes halogenated alkanes) is 15. The zero-order chi connectivity index (χ0) is 23.4. The largest absolute Gasteiger partial charge is 0.427 e. The Hall–Kier alpha value is -1.11. The number of imide groups is 1. The van der Waals surface area contributed by atoms with E-state index in [1.165, 1.54) is 103 Å². The van der Waals surface area contributed by atoms with Gasteiger partial charge in [-0.2, -0.15) is 0 Å². The van der Waals surface area contributed by atoms with Crippen molar-refractivity contribution in [2.24, 2.45) is 0 Å². The lowest BCUT2D eigenvalue weighted by Crippen LogP contribution is -2.28. The minimum atomic E-state index is -0.405. The first-order chi connectivity index (χ1) is 15.6. The maximum absolute atomic E-state index is 12.2. The summed E-state index contributed by atoms with van der Waals surface area (Å²) in [6.07, 6.45) is 22.6. The van der Waals surface area contributed by atoms with Gasteiger partial charge < -0.3 is 3.07 Å². The van der Waals surface area contributed by atoms with Crippen LogP contribution in [0.3, 0.4) is 0 Å². The van der Waals surface area contributed by atoms with E-state index in [9.17, 15) is 9.59 Å². The monoisotopic (exact) mass is 557 g/mol. The van der Waals surface area contributed by atoms with Crippen molar-refractivity contribution in [3.8, 4) is 5.75 Å². The molecule has 0 bridgehead atoms. The minimum Gasteiger partial charge on any atom is -0.427 e. The summed E-state index contributed by atoms with van der Waals surface area (Å²) >= 11 is 1.81. The second-order valence-electron chi connectivity index (χ2n) is 8.93. The summed E-state index contributed by atoms with van der Waals surface area (Å²) in [4.78, 5) is 23.4. The van der Waals surface area contributed by atoms with Crippen LogP contribution in [0.25, 0.3) is 0 Å². The molecule has 0 spiro atoms. The number of carbonyl (C=O) groups is 2. The summed E-state index contributed by atoms with van der Waals surface area (Å²) in [5.74, 6) is -0.191. The van der Waals surface area contributed by atoms with Gasteiger partial charge in [0.05, 0.1) is 5.56 Å². The van der Waals surface area contributed by atoms with Crippen LogP contribution in [0.5, 0.6) is 5.75 Å². The van der Waals surface area contributed by atoms with E-state index in [-0.39, 0.29) is 5.91 Å². The zero-order valence-corrected chi connectivity index (χ0v) is 22.5. The van der Waals surface area contributed by atoms with Gasteiger partial charge in [0.2, 0.25) is 5.91 Å². The van der Waals surface area contributed by atoms with Crippen LogP contribution < -0.4 is 8.38 Å². The summed E-state index contributed by atoms with van der Waals surface area (Å²) in [5.41, 5.74) is 1.45. The molecule has 0 unspecified atom stereocenters. The fraction of sp³-hybridized carbons (Fsp3) is 0.704. The molecule has 0 radical (unpaired) electrons. The molecule has 0 saturated heterocycles. The maximum atomic E-state index is 12.2. The minimum absolute atomic E-state index is 0.363. The first-order valence-electron chi connectivity index (χ1n) is 12.8. The molecular weight excluding hydrogens is 513 g/mol. The highest BCUT2D eigenvalue weighted by Crippen LogP contribution is 2.28. The molecule has 0 aliphatic carbocycles. The lowest BCUT2D eigenvalue weighted by atomic mass is 10.0. The van der Waals surface area contributed by atoms with Crippen molar-refractivity contribution in [3.05, 3.63) is 29.3 Å². The maximum Gasteiger partial charge on any atom is 0.261 e. The van der Waals surface area contributed by atoms with Crippen molar-refractivity contribution in [2.75, 3.05) is 0 Å². The number of amides is 2. The van der Waals surface area contributed by atoms with Crippen LogP contribution in [0.1, 0.15) is 133 Å². The third-order valence-electron chi connectivity index (χ3n) is 6.01. The Bertz CT molecular complexity index is 648. The van der Waals surface area contributed by atoms with Crippen molar-refractivity contribution < 1.29 is 12.7 Å². The van der Waals surface area contributed by atoms with Crippen LogP contribution in [0.2, 0.25) is 0 Å². The predicted octanol–water partition coefficient (Wildman–Crippen LogP) is 8.50. The Morgan fingerprint density at radius 1 is 0.781 bits per heavy atom. The Morgan fingerprint density at radius 2 is 1.25 bits per heavy atom. The van der Waals surface area contributed by atoms with Gasteiger partial charge in [0.15, 0.2) is 23.0 Å². The third-order valence-corrected chi connectivity index (χ3v) is 6.45. The highest BCUT2D eigenvalue weighted by atomic mass is 127. The summed E-state index contributed by atoms with van der Waals surface area (Å²) in [5, 5.41) is 2.32. The van der Waals surface area contributed by atoms with Gasteiger partial charge in [-0.25, -0.2) is 0 Å². The van der Waals surface area contributed by atoms with Crippen LogP contribution in [-0.2, 0) is 11.2 Å². The fourth-order valence-electron chi connectivity index (χ4n) is 4.14. The van der Waals surface area contributed by atoms with E-state index in [1.54, 1.807) is 6.07 Å². The van der Waals surface area contributed by atoms with Crippen molar-refractivity contribution in [3.63, 3.8) is 0 Å². The van der Waals surface area contributed by atoms with E-state index in [0.717, 1.165) is 18.4 Å². The number of nitrogens with one attached hydrogen (secondary N) is 1. The molecule has 0 atom stereocenters. The van der Waals surface area contributed by atoms with E-state index < -0.39 is 5.91 Å². The Labute approximate surface area is 210 Å². The van der Waals surface area contributed by atoms with Crippen molar-refractivity contribution in [1.82, 2.24) is 5.32 Å². The number of para-hydroxylation sites is 1. The average Bonchev–Trinajstić information content (AvgIpc) is 2.78.